The molecule has 16 heteroatoms. The van der Waals surface area contributed by atoms with Crippen molar-refractivity contribution in [1.82, 2.24) is 20.4 Å². The molecule has 8 atom stereocenters. The molecule has 0 saturated heterocycles. The largest absolute Gasteiger partial charge is 0.443 e. The van der Waals surface area contributed by atoms with Crippen LogP contribution in [-0.4, -0.2) is 115 Å². The molecule has 0 aliphatic rings. The summed E-state index contributed by atoms with van der Waals surface area (Å²) >= 11 is 0. The molecule has 0 heterocycles. The molecule has 16 nitrogen and oxygen atoms in total. The Bertz CT molecular complexity index is 2210. The lowest BCUT2D eigenvalue weighted by molar-refractivity contribution is -0.144. The Balaban J connectivity index is 1.77. The maximum atomic E-state index is 14.9. The number of rotatable bonds is 21. The van der Waals surface area contributed by atoms with Gasteiger partial charge in [0.2, 0.25) is 23.6 Å². The zero-order valence-electron chi connectivity index (χ0n) is 43.4. The van der Waals surface area contributed by atoms with E-state index in [9.17, 15) is 39.0 Å². The second-order valence-corrected chi connectivity index (χ2v) is 20.9. The first-order chi connectivity index (χ1) is 33.8. The summed E-state index contributed by atoms with van der Waals surface area (Å²) in [6.07, 6.45) is -5.93. The molecular formula is C56H76N6O10. The van der Waals surface area contributed by atoms with Crippen molar-refractivity contribution in [1.29, 1.82) is 0 Å². The molecule has 6 amide bonds. The first-order valence-electron chi connectivity index (χ1n) is 24.5. The van der Waals surface area contributed by atoms with Crippen LogP contribution < -0.4 is 22.1 Å². The highest BCUT2D eigenvalue weighted by Crippen LogP contribution is 2.24. The molecule has 0 unspecified atom stereocenters. The number of amides is 6. The van der Waals surface area contributed by atoms with Crippen molar-refractivity contribution in [2.75, 3.05) is 0 Å². The van der Waals surface area contributed by atoms with E-state index in [1.807, 2.05) is 12.1 Å². The van der Waals surface area contributed by atoms with Gasteiger partial charge in [0.05, 0.1) is 24.2 Å². The minimum absolute atomic E-state index is 0.0450. The van der Waals surface area contributed by atoms with Gasteiger partial charge in [0.1, 0.15) is 35.5 Å². The van der Waals surface area contributed by atoms with E-state index in [0.29, 0.717) is 11.1 Å². The summed E-state index contributed by atoms with van der Waals surface area (Å²) < 4.78 is 11.4. The van der Waals surface area contributed by atoms with Gasteiger partial charge in [-0.3, -0.25) is 19.2 Å². The minimum Gasteiger partial charge on any atom is -0.443 e. The Kier molecular flexibility index (Phi) is 21.2. The first-order valence-corrected chi connectivity index (χ1v) is 24.5. The highest BCUT2D eigenvalue weighted by molar-refractivity contribution is 6.01. The van der Waals surface area contributed by atoms with E-state index in [4.69, 9.17) is 20.9 Å². The number of aliphatic hydroxyl groups is 2. The van der Waals surface area contributed by atoms with Crippen molar-refractivity contribution < 1.29 is 48.5 Å². The Morgan fingerprint density at radius 3 is 0.958 bits per heavy atom. The second kappa shape index (κ2) is 26.3. The van der Waals surface area contributed by atoms with Crippen LogP contribution in [0.5, 0.6) is 0 Å². The molecule has 0 spiro atoms. The van der Waals surface area contributed by atoms with Crippen molar-refractivity contribution in [3.05, 3.63) is 144 Å². The Morgan fingerprint density at radius 2 is 0.722 bits per heavy atom. The molecule has 0 aliphatic heterocycles. The number of nitrogens with two attached hydrogens (primary N) is 2. The monoisotopic (exact) mass is 993 g/mol. The van der Waals surface area contributed by atoms with Gasteiger partial charge in [-0.25, -0.2) is 19.4 Å². The summed E-state index contributed by atoms with van der Waals surface area (Å²) in [5.74, 6) is -4.89. The Hall–Kier alpha value is -6.46. The number of imide groups is 2. The smallest absolute Gasteiger partial charge is 0.417 e. The van der Waals surface area contributed by atoms with Crippen molar-refractivity contribution in [3.8, 4) is 0 Å². The Morgan fingerprint density at radius 1 is 0.472 bits per heavy atom. The van der Waals surface area contributed by atoms with E-state index in [1.165, 1.54) is 0 Å². The van der Waals surface area contributed by atoms with E-state index in [-0.39, 0.29) is 25.7 Å². The van der Waals surface area contributed by atoms with Gasteiger partial charge in [-0.1, -0.05) is 149 Å². The molecule has 0 bridgehead atoms. The lowest BCUT2D eigenvalue weighted by Gasteiger charge is -2.38. The molecule has 0 saturated carbocycles. The third-order valence-electron chi connectivity index (χ3n) is 11.7. The van der Waals surface area contributed by atoms with Gasteiger partial charge < -0.3 is 41.8 Å². The SMILES string of the molecule is CC(C)[C@@H](C(=O)N[C@@H](Cc1ccccc1)[C@H](O)[C@H](O)[C@H](Cc1ccccc1)NC(=O)[C@H](C(C)C)N(C(=O)OC(C)(C)C)C(=O)[C@@H](N)Cc1ccccc1)N(C(=O)OC(C)(C)C)C(=O)[C@@H](N)Cc1ccccc1. The van der Waals surface area contributed by atoms with Gasteiger partial charge >= 0.3 is 12.2 Å². The third-order valence-corrected chi connectivity index (χ3v) is 11.7. The van der Waals surface area contributed by atoms with Crippen LogP contribution in [0.3, 0.4) is 0 Å². The molecule has 4 aromatic carbocycles. The van der Waals surface area contributed by atoms with E-state index >= 15 is 0 Å². The number of carbonyl (C=O) groups is 6. The van der Waals surface area contributed by atoms with Crippen LogP contribution in [0.25, 0.3) is 0 Å². The fraction of sp³-hybridized carbons (Fsp3) is 0.464. The summed E-state index contributed by atoms with van der Waals surface area (Å²) in [6.45, 7) is 16.3. The van der Waals surface area contributed by atoms with Crippen molar-refractivity contribution in [2.24, 2.45) is 23.3 Å². The lowest BCUT2D eigenvalue weighted by Crippen LogP contribution is -2.64. The standard InChI is InChI=1S/C56H76N6O10/c1-35(2)45(61(53(69)71-55(5,6)7)51(67)41(57)31-37-23-15-11-16-24-37)49(65)59-43(33-39-27-19-13-20-28-39)47(63)48(64)44(34-40-29-21-14-22-30-40)60-50(66)46(36(3)4)62(54(70)72-56(8,9)10)52(68)42(58)32-38-25-17-12-18-26-38/h11-30,35-36,41-48,63-64H,31-34,57-58H2,1-10H3,(H,59,65)(H,60,66)/t41-,42-,43-,44-,45-,46-,47-,48+/m0/s1. The van der Waals surface area contributed by atoms with Gasteiger partial charge in [-0.15, -0.1) is 0 Å². The van der Waals surface area contributed by atoms with Crippen LogP contribution in [0, 0.1) is 11.8 Å². The van der Waals surface area contributed by atoms with E-state index in [0.717, 1.165) is 20.9 Å². The highest BCUT2D eigenvalue weighted by Gasteiger charge is 2.45. The van der Waals surface area contributed by atoms with Gasteiger partial charge in [0.25, 0.3) is 0 Å². The minimum atomic E-state index is -1.85. The maximum absolute atomic E-state index is 14.9. The predicted molar refractivity (Wildman–Crippen MR) is 276 cm³/mol. The summed E-state index contributed by atoms with van der Waals surface area (Å²) in [4.78, 5) is 88.1. The molecule has 72 heavy (non-hydrogen) atoms. The first kappa shape index (κ1) is 58.1. The predicted octanol–water partition coefficient (Wildman–Crippen LogP) is 5.88. The topological polar surface area (TPSA) is 244 Å². The fourth-order valence-electron chi connectivity index (χ4n) is 8.27. The number of hydrogen-bond acceptors (Lipinski definition) is 12. The fourth-order valence-corrected chi connectivity index (χ4v) is 8.27. The maximum Gasteiger partial charge on any atom is 0.417 e. The number of ether oxygens (including phenoxy) is 2. The van der Waals surface area contributed by atoms with E-state index in [2.05, 4.69) is 10.6 Å². The molecule has 4 rings (SSSR count). The number of carbonyl (C=O) groups excluding carboxylic acids is 6. The summed E-state index contributed by atoms with van der Waals surface area (Å²) in [5.41, 5.74) is 13.6. The zero-order chi connectivity index (χ0) is 53.5. The molecule has 4 aromatic rings. The number of nitrogens with one attached hydrogen (secondary N) is 2. The van der Waals surface area contributed by atoms with Gasteiger partial charge in [-0.05, 0) is 101 Å². The van der Waals surface area contributed by atoms with Crippen molar-refractivity contribution >= 4 is 35.8 Å². The quantitative estimate of drug-likeness (QED) is 0.0574. The zero-order valence-corrected chi connectivity index (χ0v) is 43.4. The lowest BCUT2D eigenvalue weighted by atomic mass is 9.90. The van der Waals surface area contributed by atoms with Gasteiger partial charge in [0.15, 0.2) is 0 Å². The summed E-state index contributed by atoms with van der Waals surface area (Å²) in [6, 6.07) is 27.4. The van der Waals surface area contributed by atoms with Crippen LogP contribution in [-0.2, 0) is 54.3 Å². The molecule has 8 N–H and O–H groups in total. The third kappa shape index (κ3) is 17.4. The number of benzene rings is 4. The molecule has 0 fully saturated rings. The molecule has 0 aromatic heterocycles. The van der Waals surface area contributed by atoms with Crippen LogP contribution in [0.1, 0.15) is 91.5 Å². The molecule has 390 valence electrons. The summed E-state index contributed by atoms with van der Waals surface area (Å²) in [5, 5.41) is 30.6. The van der Waals surface area contributed by atoms with Crippen molar-refractivity contribution in [3.63, 3.8) is 0 Å². The van der Waals surface area contributed by atoms with Crippen LogP contribution in [0.2, 0.25) is 0 Å². The van der Waals surface area contributed by atoms with Gasteiger partial charge in [-0.2, -0.15) is 0 Å². The molecular weight excluding hydrogens is 917 g/mol. The molecule has 0 aliphatic carbocycles. The van der Waals surface area contributed by atoms with E-state index < -0.39 is 107 Å². The second-order valence-electron chi connectivity index (χ2n) is 20.9. The number of aliphatic hydroxyl groups excluding tert-OH is 2. The van der Waals surface area contributed by atoms with Crippen LogP contribution >= 0.6 is 0 Å². The molecule has 0 radical (unpaired) electrons. The van der Waals surface area contributed by atoms with Crippen LogP contribution in [0.15, 0.2) is 121 Å². The summed E-state index contributed by atoms with van der Waals surface area (Å²) in [7, 11) is 0. The number of hydrogen-bond donors (Lipinski definition) is 6. The van der Waals surface area contributed by atoms with Gasteiger partial charge in [0, 0.05) is 0 Å². The number of nitrogens with zero attached hydrogens (tertiary/aromatic N) is 2. The average molecular weight is 993 g/mol. The van der Waals surface area contributed by atoms with E-state index in [1.54, 1.807) is 178 Å². The Labute approximate surface area is 424 Å². The van der Waals surface area contributed by atoms with Crippen molar-refractivity contribution in [2.45, 2.75) is 155 Å². The average Bonchev–Trinajstić information content (AvgIpc) is 3.30. The normalized spacial score (nSPS) is 15.2. The van der Waals surface area contributed by atoms with Crippen LogP contribution in [0.4, 0.5) is 9.59 Å². The highest BCUT2D eigenvalue weighted by atomic mass is 16.6.